The van der Waals surface area contributed by atoms with E-state index in [1.54, 1.807) is 0 Å². The van der Waals surface area contributed by atoms with E-state index < -0.39 is 18.0 Å². The van der Waals surface area contributed by atoms with Crippen LogP contribution in [0.15, 0.2) is 30.3 Å². The third-order valence-electron chi connectivity index (χ3n) is 3.25. The van der Waals surface area contributed by atoms with Crippen molar-refractivity contribution in [1.82, 2.24) is 10.6 Å². The molecule has 1 fully saturated rings. The van der Waals surface area contributed by atoms with E-state index in [4.69, 9.17) is 5.73 Å². The number of primary amides is 1. The number of hydrogen-bond acceptors (Lipinski definition) is 3. The Kier molecular flexibility index (Phi) is 4.34. The molecule has 20 heavy (non-hydrogen) atoms. The van der Waals surface area contributed by atoms with Gasteiger partial charge in [0.1, 0.15) is 12.1 Å². The van der Waals surface area contributed by atoms with E-state index in [9.17, 15) is 14.4 Å². The van der Waals surface area contributed by atoms with Crippen LogP contribution in [0.25, 0.3) is 0 Å². The Morgan fingerprint density at radius 1 is 1.35 bits per heavy atom. The number of hydrogen-bond donors (Lipinski definition) is 3. The Hall–Kier alpha value is -2.37. The summed E-state index contributed by atoms with van der Waals surface area (Å²) in [5, 5.41) is 5.16. The molecule has 6 heteroatoms. The van der Waals surface area contributed by atoms with Crippen molar-refractivity contribution in [3.8, 4) is 0 Å². The van der Waals surface area contributed by atoms with Crippen LogP contribution in [0.5, 0.6) is 0 Å². The Bertz CT molecular complexity index is 516. The molecule has 1 saturated heterocycles. The van der Waals surface area contributed by atoms with Crippen molar-refractivity contribution >= 4 is 17.7 Å². The zero-order valence-electron chi connectivity index (χ0n) is 11.0. The first kappa shape index (κ1) is 14.0. The number of carbonyl (C=O) groups is 3. The van der Waals surface area contributed by atoms with Gasteiger partial charge >= 0.3 is 0 Å². The molecule has 106 valence electrons. The SMILES string of the molecule is NC(=O)[C@H](Cc1ccccc1)NC(=O)[C@@H]1CCC(=O)N1. The van der Waals surface area contributed by atoms with Crippen molar-refractivity contribution in [3.63, 3.8) is 0 Å². The van der Waals surface area contributed by atoms with Crippen LogP contribution in [0.4, 0.5) is 0 Å². The van der Waals surface area contributed by atoms with Crippen LogP contribution in [0.2, 0.25) is 0 Å². The van der Waals surface area contributed by atoms with Crippen molar-refractivity contribution < 1.29 is 14.4 Å². The van der Waals surface area contributed by atoms with Crippen LogP contribution in [0, 0.1) is 0 Å². The predicted octanol–water partition coefficient (Wildman–Crippen LogP) is -0.522. The Morgan fingerprint density at radius 3 is 2.60 bits per heavy atom. The quantitative estimate of drug-likeness (QED) is 0.673. The Balaban J connectivity index is 1.97. The van der Waals surface area contributed by atoms with E-state index >= 15 is 0 Å². The lowest BCUT2D eigenvalue weighted by molar-refractivity contribution is -0.129. The molecule has 1 aromatic rings. The molecule has 1 aromatic carbocycles. The van der Waals surface area contributed by atoms with Gasteiger partial charge in [0.15, 0.2) is 0 Å². The van der Waals surface area contributed by atoms with Gasteiger partial charge in [-0.25, -0.2) is 0 Å². The van der Waals surface area contributed by atoms with Gasteiger partial charge in [-0.1, -0.05) is 30.3 Å². The zero-order chi connectivity index (χ0) is 14.5. The second kappa shape index (κ2) is 6.18. The normalized spacial score (nSPS) is 19.2. The van der Waals surface area contributed by atoms with Gasteiger partial charge in [-0.15, -0.1) is 0 Å². The number of amides is 3. The molecule has 0 unspecified atom stereocenters. The minimum absolute atomic E-state index is 0.149. The van der Waals surface area contributed by atoms with E-state index in [1.807, 2.05) is 30.3 Å². The molecule has 0 spiro atoms. The Morgan fingerprint density at radius 2 is 2.05 bits per heavy atom. The third-order valence-corrected chi connectivity index (χ3v) is 3.25. The fourth-order valence-corrected chi connectivity index (χ4v) is 2.16. The molecule has 2 atom stereocenters. The largest absolute Gasteiger partial charge is 0.368 e. The fraction of sp³-hybridized carbons (Fsp3) is 0.357. The summed E-state index contributed by atoms with van der Waals surface area (Å²) in [5.74, 6) is -1.11. The highest BCUT2D eigenvalue weighted by Crippen LogP contribution is 2.08. The van der Waals surface area contributed by atoms with E-state index in [1.165, 1.54) is 0 Å². The summed E-state index contributed by atoms with van der Waals surface area (Å²) in [5.41, 5.74) is 6.23. The summed E-state index contributed by atoms with van der Waals surface area (Å²) >= 11 is 0. The molecular formula is C14H17N3O3. The topological polar surface area (TPSA) is 101 Å². The summed E-state index contributed by atoms with van der Waals surface area (Å²) in [4.78, 5) is 34.5. The van der Waals surface area contributed by atoms with Gasteiger partial charge in [0, 0.05) is 12.8 Å². The van der Waals surface area contributed by atoms with Crippen LogP contribution in [0.1, 0.15) is 18.4 Å². The van der Waals surface area contributed by atoms with Gasteiger partial charge in [0.05, 0.1) is 0 Å². The first-order valence-electron chi connectivity index (χ1n) is 6.49. The summed E-state index contributed by atoms with van der Waals surface area (Å²) in [6, 6.07) is 7.95. The maximum Gasteiger partial charge on any atom is 0.243 e. The molecule has 1 aliphatic heterocycles. The molecule has 0 aliphatic carbocycles. The van der Waals surface area contributed by atoms with Gasteiger partial charge in [-0.3, -0.25) is 14.4 Å². The van der Waals surface area contributed by atoms with E-state index in [0.29, 0.717) is 19.3 Å². The van der Waals surface area contributed by atoms with Gasteiger partial charge in [0.25, 0.3) is 0 Å². The number of nitrogens with one attached hydrogen (secondary N) is 2. The molecule has 0 saturated carbocycles. The highest BCUT2D eigenvalue weighted by Gasteiger charge is 2.29. The van der Waals surface area contributed by atoms with Crippen molar-refractivity contribution in [1.29, 1.82) is 0 Å². The lowest BCUT2D eigenvalue weighted by atomic mass is 10.0. The second-order valence-electron chi connectivity index (χ2n) is 4.81. The first-order chi connectivity index (χ1) is 9.56. The summed E-state index contributed by atoms with van der Waals surface area (Å²) in [6.07, 6.45) is 1.11. The van der Waals surface area contributed by atoms with Crippen molar-refractivity contribution in [2.45, 2.75) is 31.3 Å². The van der Waals surface area contributed by atoms with Crippen LogP contribution < -0.4 is 16.4 Å². The average molecular weight is 275 g/mol. The first-order valence-corrected chi connectivity index (χ1v) is 6.49. The smallest absolute Gasteiger partial charge is 0.243 e. The van der Waals surface area contributed by atoms with Crippen LogP contribution >= 0.6 is 0 Å². The van der Waals surface area contributed by atoms with Gasteiger partial charge in [-0.05, 0) is 12.0 Å². The molecule has 0 radical (unpaired) electrons. The fourth-order valence-electron chi connectivity index (χ4n) is 2.16. The molecule has 0 aromatic heterocycles. The van der Waals surface area contributed by atoms with E-state index in [2.05, 4.69) is 10.6 Å². The highest BCUT2D eigenvalue weighted by atomic mass is 16.2. The van der Waals surface area contributed by atoms with Crippen molar-refractivity contribution in [3.05, 3.63) is 35.9 Å². The van der Waals surface area contributed by atoms with Crippen molar-refractivity contribution in [2.75, 3.05) is 0 Å². The average Bonchev–Trinajstić information content (AvgIpc) is 2.86. The minimum Gasteiger partial charge on any atom is -0.368 e. The number of benzene rings is 1. The summed E-state index contributed by atoms with van der Waals surface area (Å²) < 4.78 is 0. The molecule has 4 N–H and O–H groups in total. The maximum atomic E-state index is 12.0. The molecule has 3 amide bonds. The van der Waals surface area contributed by atoms with E-state index in [0.717, 1.165) is 5.56 Å². The molecular weight excluding hydrogens is 258 g/mol. The maximum absolute atomic E-state index is 12.0. The summed E-state index contributed by atoms with van der Waals surface area (Å²) in [6.45, 7) is 0. The van der Waals surface area contributed by atoms with Crippen LogP contribution in [0.3, 0.4) is 0 Å². The monoisotopic (exact) mass is 275 g/mol. The molecule has 2 rings (SSSR count). The molecule has 0 bridgehead atoms. The zero-order valence-corrected chi connectivity index (χ0v) is 11.0. The molecule has 1 heterocycles. The van der Waals surface area contributed by atoms with Gasteiger partial charge in [-0.2, -0.15) is 0 Å². The molecule has 1 aliphatic rings. The molecule has 6 nitrogen and oxygen atoms in total. The second-order valence-corrected chi connectivity index (χ2v) is 4.81. The van der Waals surface area contributed by atoms with Crippen LogP contribution in [-0.4, -0.2) is 29.8 Å². The highest BCUT2D eigenvalue weighted by molar-refractivity contribution is 5.93. The summed E-state index contributed by atoms with van der Waals surface area (Å²) in [7, 11) is 0. The predicted molar refractivity (Wildman–Crippen MR) is 72.4 cm³/mol. The van der Waals surface area contributed by atoms with Crippen LogP contribution in [-0.2, 0) is 20.8 Å². The van der Waals surface area contributed by atoms with Crippen molar-refractivity contribution in [2.24, 2.45) is 5.73 Å². The number of nitrogens with two attached hydrogens (primary N) is 1. The lowest BCUT2D eigenvalue weighted by Gasteiger charge is -2.18. The minimum atomic E-state index is -0.776. The standard InChI is InChI=1S/C14H17N3O3/c15-13(19)11(8-9-4-2-1-3-5-9)17-14(20)10-6-7-12(18)16-10/h1-5,10-11H,6-8H2,(H2,15,19)(H,16,18)(H,17,20)/t10-,11-/m0/s1. The third kappa shape index (κ3) is 3.57. The van der Waals surface area contributed by atoms with Gasteiger partial charge in [0.2, 0.25) is 17.7 Å². The number of carbonyl (C=O) groups excluding carboxylic acids is 3. The van der Waals surface area contributed by atoms with E-state index in [-0.39, 0.29) is 11.8 Å². The van der Waals surface area contributed by atoms with Gasteiger partial charge < -0.3 is 16.4 Å². The lowest BCUT2D eigenvalue weighted by Crippen LogP contribution is -2.51. The Labute approximate surface area is 116 Å². The number of rotatable bonds is 5.